The second-order valence-corrected chi connectivity index (χ2v) is 7.93. The van der Waals surface area contributed by atoms with Crippen molar-refractivity contribution in [2.24, 2.45) is 0 Å². The van der Waals surface area contributed by atoms with Crippen molar-refractivity contribution in [3.05, 3.63) is 16.1 Å². The van der Waals surface area contributed by atoms with Crippen LogP contribution >= 0.6 is 23.2 Å². The van der Waals surface area contributed by atoms with Gasteiger partial charge in [-0.25, -0.2) is 13.4 Å². The SMILES string of the molecule is CNc1nc(NC2(C)CCS(=O)(=O)C2)c(Cl)cc1Cl. The van der Waals surface area contributed by atoms with Crippen molar-refractivity contribution in [3.63, 3.8) is 0 Å². The molecular weight excluding hydrogens is 309 g/mol. The first kappa shape index (κ1) is 14.7. The molecule has 0 aliphatic carbocycles. The average Bonchev–Trinajstić information content (AvgIpc) is 2.57. The Balaban J connectivity index is 2.29. The molecule has 1 aromatic rings. The molecule has 19 heavy (non-hydrogen) atoms. The molecule has 2 heterocycles. The number of pyridine rings is 1. The van der Waals surface area contributed by atoms with Gasteiger partial charge in [-0.05, 0) is 19.4 Å². The molecule has 106 valence electrons. The molecule has 8 heteroatoms. The lowest BCUT2D eigenvalue weighted by Crippen LogP contribution is -2.36. The zero-order valence-electron chi connectivity index (χ0n) is 10.6. The summed E-state index contributed by atoms with van der Waals surface area (Å²) < 4.78 is 23.1. The van der Waals surface area contributed by atoms with Gasteiger partial charge in [-0.15, -0.1) is 0 Å². The molecule has 1 fully saturated rings. The van der Waals surface area contributed by atoms with E-state index in [4.69, 9.17) is 23.2 Å². The first-order valence-electron chi connectivity index (χ1n) is 5.77. The Morgan fingerprint density at radius 2 is 1.95 bits per heavy atom. The van der Waals surface area contributed by atoms with Gasteiger partial charge in [0.15, 0.2) is 9.84 Å². The third-order valence-electron chi connectivity index (χ3n) is 3.09. The monoisotopic (exact) mass is 323 g/mol. The number of nitrogens with zero attached hydrogens (tertiary/aromatic N) is 1. The first-order chi connectivity index (χ1) is 8.75. The molecule has 0 saturated carbocycles. The van der Waals surface area contributed by atoms with Crippen LogP contribution in [0.1, 0.15) is 13.3 Å². The van der Waals surface area contributed by atoms with Crippen LogP contribution in [0.4, 0.5) is 11.6 Å². The highest BCUT2D eigenvalue weighted by Gasteiger charge is 2.39. The summed E-state index contributed by atoms with van der Waals surface area (Å²) >= 11 is 12.0. The van der Waals surface area contributed by atoms with Crippen molar-refractivity contribution in [3.8, 4) is 0 Å². The van der Waals surface area contributed by atoms with Crippen LogP contribution in [0.3, 0.4) is 0 Å². The highest BCUT2D eigenvalue weighted by Crippen LogP contribution is 2.33. The third-order valence-corrected chi connectivity index (χ3v) is 5.57. The van der Waals surface area contributed by atoms with Crippen LogP contribution in [-0.4, -0.2) is 37.5 Å². The van der Waals surface area contributed by atoms with Gasteiger partial charge in [0, 0.05) is 7.05 Å². The largest absolute Gasteiger partial charge is 0.372 e. The summed E-state index contributed by atoms with van der Waals surface area (Å²) in [5, 5.41) is 6.77. The van der Waals surface area contributed by atoms with Gasteiger partial charge in [-0.1, -0.05) is 23.2 Å². The number of hydrogen-bond acceptors (Lipinski definition) is 5. The van der Waals surface area contributed by atoms with Gasteiger partial charge in [-0.3, -0.25) is 0 Å². The molecule has 1 saturated heterocycles. The smallest absolute Gasteiger partial charge is 0.152 e. The zero-order valence-corrected chi connectivity index (χ0v) is 13.0. The van der Waals surface area contributed by atoms with E-state index in [9.17, 15) is 8.42 Å². The maximum Gasteiger partial charge on any atom is 0.152 e. The number of nitrogens with one attached hydrogen (secondary N) is 2. The topological polar surface area (TPSA) is 71.1 Å². The van der Waals surface area contributed by atoms with Crippen molar-refractivity contribution in [2.45, 2.75) is 18.9 Å². The van der Waals surface area contributed by atoms with Crippen molar-refractivity contribution < 1.29 is 8.42 Å². The van der Waals surface area contributed by atoms with E-state index < -0.39 is 15.4 Å². The highest BCUT2D eigenvalue weighted by atomic mass is 35.5. The summed E-state index contributed by atoms with van der Waals surface area (Å²) in [5.74, 6) is 1.20. The number of aromatic nitrogens is 1. The van der Waals surface area contributed by atoms with Crippen LogP contribution in [0.25, 0.3) is 0 Å². The van der Waals surface area contributed by atoms with E-state index in [1.165, 1.54) is 0 Å². The third kappa shape index (κ3) is 3.24. The Labute approximate surface area is 122 Å². The molecule has 1 aliphatic rings. The summed E-state index contributed by atoms with van der Waals surface area (Å²) in [5.41, 5.74) is -0.547. The van der Waals surface area contributed by atoms with Gasteiger partial charge in [0.1, 0.15) is 11.6 Å². The van der Waals surface area contributed by atoms with E-state index in [-0.39, 0.29) is 11.5 Å². The summed E-state index contributed by atoms with van der Waals surface area (Å²) in [6, 6.07) is 1.58. The molecule has 1 aliphatic heterocycles. The van der Waals surface area contributed by atoms with E-state index in [1.54, 1.807) is 13.1 Å². The number of hydrogen-bond donors (Lipinski definition) is 2. The predicted octanol–water partition coefficient (Wildman–Crippen LogP) is 2.42. The van der Waals surface area contributed by atoms with Gasteiger partial charge in [0.25, 0.3) is 0 Å². The molecule has 1 atom stereocenters. The molecule has 0 spiro atoms. The summed E-state index contributed by atoms with van der Waals surface area (Å²) in [7, 11) is -1.28. The fourth-order valence-electron chi connectivity index (χ4n) is 2.12. The van der Waals surface area contributed by atoms with Gasteiger partial charge >= 0.3 is 0 Å². The molecule has 1 unspecified atom stereocenters. The predicted molar refractivity (Wildman–Crippen MR) is 79.1 cm³/mol. The van der Waals surface area contributed by atoms with Gasteiger partial charge < -0.3 is 10.6 Å². The average molecular weight is 324 g/mol. The Morgan fingerprint density at radius 3 is 2.47 bits per heavy atom. The Bertz CT molecular complexity index is 606. The molecule has 0 amide bonds. The lowest BCUT2D eigenvalue weighted by Gasteiger charge is -2.25. The van der Waals surface area contributed by atoms with E-state index in [1.807, 2.05) is 6.92 Å². The molecule has 2 N–H and O–H groups in total. The fourth-order valence-corrected chi connectivity index (χ4v) is 4.72. The Morgan fingerprint density at radius 1 is 1.32 bits per heavy atom. The second-order valence-electron chi connectivity index (χ2n) is 4.93. The van der Waals surface area contributed by atoms with Gasteiger partial charge in [-0.2, -0.15) is 0 Å². The molecular formula is C11H15Cl2N3O2S. The van der Waals surface area contributed by atoms with Crippen LogP contribution < -0.4 is 10.6 Å². The maximum atomic E-state index is 11.6. The zero-order chi connectivity index (χ0) is 14.3. The number of anilines is 2. The lowest BCUT2D eigenvalue weighted by atomic mass is 10.0. The van der Waals surface area contributed by atoms with Crippen molar-refractivity contribution in [1.82, 2.24) is 4.98 Å². The highest BCUT2D eigenvalue weighted by molar-refractivity contribution is 7.91. The maximum absolute atomic E-state index is 11.6. The van der Waals surface area contributed by atoms with Crippen LogP contribution in [0.2, 0.25) is 10.0 Å². The van der Waals surface area contributed by atoms with Crippen molar-refractivity contribution >= 4 is 44.7 Å². The van der Waals surface area contributed by atoms with Crippen molar-refractivity contribution in [2.75, 3.05) is 29.2 Å². The van der Waals surface area contributed by atoms with Gasteiger partial charge in [0.05, 0.1) is 27.1 Å². The molecule has 0 radical (unpaired) electrons. The minimum absolute atomic E-state index is 0.0789. The lowest BCUT2D eigenvalue weighted by molar-refractivity contribution is 0.572. The van der Waals surface area contributed by atoms with Gasteiger partial charge in [0.2, 0.25) is 0 Å². The Kier molecular flexibility index (Phi) is 3.86. The summed E-state index contributed by atoms with van der Waals surface area (Å²) in [4.78, 5) is 4.27. The van der Waals surface area contributed by atoms with E-state index in [0.717, 1.165) is 0 Å². The second kappa shape index (κ2) is 5.00. The molecule has 5 nitrogen and oxygen atoms in total. The molecule has 0 aromatic carbocycles. The minimum Gasteiger partial charge on any atom is -0.372 e. The van der Waals surface area contributed by atoms with Crippen LogP contribution in [0.5, 0.6) is 0 Å². The number of rotatable bonds is 3. The molecule has 2 rings (SSSR count). The van der Waals surface area contributed by atoms with Crippen LogP contribution in [0, 0.1) is 0 Å². The first-order valence-corrected chi connectivity index (χ1v) is 8.35. The van der Waals surface area contributed by atoms with Crippen LogP contribution in [0.15, 0.2) is 6.07 Å². The fraction of sp³-hybridized carbons (Fsp3) is 0.545. The standard InChI is InChI=1S/C11H15Cl2N3O2S/c1-11(3-4-19(17,18)6-11)16-10-8(13)5-7(12)9(14-2)15-10/h5H,3-4,6H2,1-2H3,(H2,14,15,16). The minimum atomic E-state index is -2.99. The quantitative estimate of drug-likeness (QED) is 0.893. The normalized spacial score (nSPS) is 25.3. The summed E-state index contributed by atoms with van der Waals surface area (Å²) in [6.07, 6.45) is 0.533. The van der Waals surface area contributed by atoms with E-state index in [2.05, 4.69) is 15.6 Å². The van der Waals surface area contributed by atoms with E-state index >= 15 is 0 Å². The van der Waals surface area contributed by atoms with E-state index in [0.29, 0.717) is 28.1 Å². The van der Waals surface area contributed by atoms with Crippen LogP contribution in [-0.2, 0) is 9.84 Å². The Hall–Kier alpha value is -0.720. The number of halogens is 2. The number of sulfone groups is 1. The molecule has 1 aromatic heterocycles. The summed E-state index contributed by atoms with van der Waals surface area (Å²) in [6.45, 7) is 1.85. The molecule has 0 bridgehead atoms. The van der Waals surface area contributed by atoms with Crippen molar-refractivity contribution in [1.29, 1.82) is 0 Å².